The van der Waals surface area contributed by atoms with Crippen molar-refractivity contribution < 1.29 is 9.84 Å². The first kappa shape index (κ1) is 12.5. The Morgan fingerprint density at radius 3 is 2.67 bits per heavy atom. The van der Waals surface area contributed by atoms with Gasteiger partial charge in [-0.2, -0.15) is 0 Å². The van der Waals surface area contributed by atoms with Crippen molar-refractivity contribution in [1.29, 1.82) is 0 Å². The summed E-state index contributed by atoms with van der Waals surface area (Å²) in [6.45, 7) is 4.00. The Hall–Kier alpha value is -1.94. The minimum absolute atomic E-state index is 0.296. The van der Waals surface area contributed by atoms with Crippen molar-refractivity contribution >= 4 is 0 Å². The Balaban J connectivity index is 2.15. The fourth-order valence-corrected chi connectivity index (χ4v) is 1.66. The molecule has 94 valence electrons. The molecular formula is C14H16N2O2. The van der Waals surface area contributed by atoms with E-state index in [2.05, 4.69) is 9.97 Å². The molecule has 0 spiro atoms. The van der Waals surface area contributed by atoms with Crippen molar-refractivity contribution in [3.63, 3.8) is 0 Å². The number of hydrogen-bond acceptors (Lipinski definition) is 4. The normalized spacial score (nSPS) is 12.2. The van der Waals surface area contributed by atoms with Gasteiger partial charge in [0.05, 0.1) is 6.10 Å². The topological polar surface area (TPSA) is 55.2 Å². The van der Waals surface area contributed by atoms with E-state index in [1.165, 1.54) is 0 Å². The molecule has 0 saturated heterocycles. The van der Waals surface area contributed by atoms with Crippen LogP contribution in [0, 0.1) is 6.92 Å². The van der Waals surface area contributed by atoms with Crippen LogP contribution in [0.5, 0.6) is 5.75 Å². The molecule has 0 saturated carbocycles. The number of aliphatic hydroxyl groups excluding tert-OH is 1. The van der Waals surface area contributed by atoms with Crippen LogP contribution in [0.4, 0.5) is 0 Å². The number of aromatic nitrogens is 2. The Morgan fingerprint density at radius 1 is 1.28 bits per heavy atom. The van der Waals surface area contributed by atoms with Crippen LogP contribution in [0.3, 0.4) is 0 Å². The van der Waals surface area contributed by atoms with Gasteiger partial charge in [0.15, 0.2) is 5.82 Å². The molecule has 0 bridgehead atoms. The number of nitrogens with zero attached hydrogens (tertiary/aromatic N) is 2. The minimum Gasteiger partial charge on any atom is -0.485 e. The molecule has 2 aromatic rings. The molecular weight excluding hydrogens is 228 g/mol. The van der Waals surface area contributed by atoms with Crippen molar-refractivity contribution in [1.82, 2.24) is 9.97 Å². The maximum absolute atomic E-state index is 9.68. The Labute approximate surface area is 106 Å². The largest absolute Gasteiger partial charge is 0.485 e. The predicted molar refractivity (Wildman–Crippen MR) is 68.2 cm³/mol. The number of rotatable bonds is 4. The van der Waals surface area contributed by atoms with Crippen LogP contribution < -0.4 is 4.74 Å². The predicted octanol–water partition coefficient (Wildman–Crippen LogP) is 2.42. The molecule has 0 aliphatic rings. The summed E-state index contributed by atoms with van der Waals surface area (Å²) in [7, 11) is 0. The van der Waals surface area contributed by atoms with E-state index >= 15 is 0 Å². The molecule has 1 atom stereocenters. The van der Waals surface area contributed by atoms with Gasteiger partial charge in [-0.15, -0.1) is 0 Å². The smallest absolute Gasteiger partial charge is 0.166 e. The standard InChI is InChI=1S/C14H16N2O2/c1-10-4-5-12(11(2)17)13(8-10)18-9-14-15-6-3-7-16-14/h3-8,11,17H,9H2,1-2H3/t11-/m1/s1. The fourth-order valence-electron chi connectivity index (χ4n) is 1.66. The third-order valence-electron chi connectivity index (χ3n) is 2.60. The first-order chi connectivity index (χ1) is 8.66. The summed E-state index contributed by atoms with van der Waals surface area (Å²) in [4.78, 5) is 8.18. The third kappa shape index (κ3) is 3.05. The first-order valence-corrected chi connectivity index (χ1v) is 5.84. The van der Waals surface area contributed by atoms with Crippen LogP contribution in [0.2, 0.25) is 0 Å². The van der Waals surface area contributed by atoms with Gasteiger partial charge in [0, 0.05) is 18.0 Å². The summed E-state index contributed by atoms with van der Waals surface area (Å²) in [5.41, 5.74) is 1.86. The highest BCUT2D eigenvalue weighted by Gasteiger charge is 2.09. The summed E-state index contributed by atoms with van der Waals surface area (Å²) in [5, 5.41) is 9.68. The van der Waals surface area contributed by atoms with Crippen molar-refractivity contribution in [3.8, 4) is 5.75 Å². The highest BCUT2D eigenvalue weighted by molar-refractivity contribution is 5.38. The highest BCUT2D eigenvalue weighted by atomic mass is 16.5. The lowest BCUT2D eigenvalue weighted by Crippen LogP contribution is -2.04. The number of ether oxygens (including phenoxy) is 1. The molecule has 0 aliphatic heterocycles. The lowest BCUT2D eigenvalue weighted by molar-refractivity contribution is 0.189. The number of aryl methyl sites for hydroxylation is 1. The monoisotopic (exact) mass is 244 g/mol. The van der Waals surface area contributed by atoms with Gasteiger partial charge in [-0.25, -0.2) is 9.97 Å². The summed E-state index contributed by atoms with van der Waals surface area (Å²) in [6, 6.07) is 7.50. The van der Waals surface area contributed by atoms with E-state index in [0.29, 0.717) is 18.2 Å². The van der Waals surface area contributed by atoms with Gasteiger partial charge in [0.25, 0.3) is 0 Å². The van der Waals surface area contributed by atoms with Gasteiger partial charge in [-0.1, -0.05) is 12.1 Å². The Morgan fingerprint density at radius 2 is 2.00 bits per heavy atom. The Kier molecular flexibility index (Phi) is 3.89. The summed E-state index contributed by atoms with van der Waals surface area (Å²) >= 11 is 0. The van der Waals surface area contributed by atoms with E-state index in [1.807, 2.05) is 25.1 Å². The highest BCUT2D eigenvalue weighted by Crippen LogP contribution is 2.26. The molecule has 0 fully saturated rings. The third-order valence-corrected chi connectivity index (χ3v) is 2.60. The van der Waals surface area contributed by atoms with Crippen LogP contribution in [0.1, 0.15) is 30.0 Å². The molecule has 4 nitrogen and oxygen atoms in total. The van der Waals surface area contributed by atoms with Gasteiger partial charge in [-0.05, 0) is 31.5 Å². The number of aliphatic hydroxyl groups is 1. The zero-order valence-corrected chi connectivity index (χ0v) is 10.5. The van der Waals surface area contributed by atoms with Crippen LogP contribution in [-0.4, -0.2) is 15.1 Å². The van der Waals surface area contributed by atoms with Gasteiger partial charge in [-0.3, -0.25) is 0 Å². The molecule has 1 aromatic heterocycles. The zero-order valence-electron chi connectivity index (χ0n) is 10.5. The van der Waals surface area contributed by atoms with Crippen LogP contribution in [0.25, 0.3) is 0 Å². The summed E-state index contributed by atoms with van der Waals surface area (Å²) in [5.74, 6) is 1.30. The quantitative estimate of drug-likeness (QED) is 0.897. The molecule has 0 aliphatic carbocycles. The zero-order chi connectivity index (χ0) is 13.0. The second kappa shape index (κ2) is 5.60. The molecule has 1 N–H and O–H groups in total. The maximum Gasteiger partial charge on any atom is 0.166 e. The van der Waals surface area contributed by atoms with Crippen molar-refractivity contribution in [3.05, 3.63) is 53.6 Å². The lowest BCUT2D eigenvalue weighted by Gasteiger charge is -2.13. The van der Waals surface area contributed by atoms with Gasteiger partial charge in [0.1, 0.15) is 12.4 Å². The van der Waals surface area contributed by atoms with E-state index in [1.54, 1.807) is 25.4 Å². The molecule has 1 aromatic carbocycles. The van der Waals surface area contributed by atoms with Crippen molar-refractivity contribution in [2.75, 3.05) is 0 Å². The van der Waals surface area contributed by atoms with Crippen LogP contribution in [-0.2, 0) is 6.61 Å². The molecule has 4 heteroatoms. The van der Waals surface area contributed by atoms with E-state index in [4.69, 9.17) is 4.74 Å². The second-order valence-electron chi connectivity index (χ2n) is 4.17. The minimum atomic E-state index is -0.558. The summed E-state index contributed by atoms with van der Waals surface area (Å²) < 4.78 is 5.68. The number of hydrogen-bond donors (Lipinski definition) is 1. The molecule has 0 amide bonds. The summed E-state index contributed by atoms with van der Waals surface area (Å²) in [6.07, 6.45) is 2.80. The second-order valence-corrected chi connectivity index (χ2v) is 4.17. The fraction of sp³-hybridized carbons (Fsp3) is 0.286. The van der Waals surface area contributed by atoms with E-state index in [0.717, 1.165) is 11.1 Å². The Bertz CT molecular complexity index is 512. The van der Waals surface area contributed by atoms with Gasteiger partial charge < -0.3 is 9.84 Å². The van der Waals surface area contributed by atoms with Crippen molar-refractivity contribution in [2.24, 2.45) is 0 Å². The van der Waals surface area contributed by atoms with Crippen LogP contribution in [0.15, 0.2) is 36.7 Å². The molecule has 18 heavy (non-hydrogen) atoms. The average molecular weight is 244 g/mol. The SMILES string of the molecule is Cc1ccc([C@@H](C)O)c(OCc2ncccn2)c1. The van der Waals surface area contributed by atoms with Gasteiger partial charge in [0.2, 0.25) is 0 Å². The number of benzene rings is 1. The molecule has 0 unspecified atom stereocenters. The molecule has 1 heterocycles. The van der Waals surface area contributed by atoms with E-state index < -0.39 is 6.10 Å². The van der Waals surface area contributed by atoms with Crippen LogP contribution >= 0.6 is 0 Å². The molecule has 0 radical (unpaired) electrons. The van der Waals surface area contributed by atoms with E-state index in [-0.39, 0.29) is 0 Å². The average Bonchev–Trinajstić information content (AvgIpc) is 2.37. The lowest BCUT2D eigenvalue weighted by atomic mass is 10.1. The maximum atomic E-state index is 9.68. The first-order valence-electron chi connectivity index (χ1n) is 5.84. The molecule has 2 rings (SSSR count). The van der Waals surface area contributed by atoms with Crippen molar-refractivity contribution in [2.45, 2.75) is 26.6 Å². The van der Waals surface area contributed by atoms with Gasteiger partial charge >= 0.3 is 0 Å². The van der Waals surface area contributed by atoms with E-state index in [9.17, 15) is 5.11 Å².